The molecule has 0 saturated carbocycles. The number of anilines is 1. The van der Waals surface area contributed by atoms with E-state index in [9.17, 15) is 18.0 Å². The first-order valence-corrected chi connectivity index (χ1v) is 17.3. The van der Waals surface area contributed by atoms with Gasteiger partial charge in [0, 0.05) is 29.1 Å². The summed E-state index contributed by atoms with van der Waals surface area (Å²) < 4.78 is 29.5. The maximum absolute atomic E-state index is 14.6. The largest absolute Gasteiger partial charge is 0.352 e. The zero-order valence-electron chi connectivity index (χ0n) is 26.4. The molecule has 0 fully saturated rings. The van der Waals surface area contributed by atoms with Crippen molar-refractivity contribution in [1.82, 2.24) is 10.2 Å². The number of carbonyl (C=O) groups excluding carboxylic acids is 2. The van der Waals surface area contributed by atoms with Crippen molar-refractivity contribution >= 4 is 50.7 Å². The monoisotopic (exact) mass is 679 g/mol. The predicted molar refractivity (Wildman–Crippen MR) is 186 cm³/mol. The first-order valence-electron chi connectivity index (χ1n) is 15.1. The fourth-order valence-electron chi connectivity index (χ4n) is 4.97. The summed E-state index contributed by atoms with van der Waals surface area (Å²) in [5, 5.41) is 3.91. The molecule has 1 N–H and O–H groups in total. The molecule has 0 aliphatic heterocycles. The molecule has 4 rings (SSSR count). The smallest absolute Gasteiger partial charge is 0.264 e. The van der Waals surface area contributed by atoms with Crippen LogP contribution in [0.1, 0.15) is 42.5 Å². The van der Waals surface area contributed by atoms with E-state index >= 15 is 0 Å². The molecule has 0 spiro atoms. The second kappa shape index (κ2) is 15.6. The Morgan fingerprint density at radius 3 is 2.11 bits per heavy atom. The van der Waals surface area contributed by atoms with Crippen LogP contribution in [0.25, 0.3) is 0 Å². The van der Waals surface area contributed by atoms with Crippen molar-refractivity contribution in [2.24, 2.45) is 0 Å². The Morgan fingerprint density at radius 2 is 1.48 bits per heavy atom. The highest BCUT2D eigenvalue weighted by Gasteiger charge is 2.35. The van der Waals surface area contributed by atoms with Crippen LogP contribution in [0.15, 0.2) is 102 Å². The van der Waals surface area contributed by atoms with Gasteiger partial charge in [0.25, 0.3) is 10.0 Å². The highest BCUT2D eigenvalue weighted by atomic mass is 35.5. The standard InChI is InChI=1S/C36H39Cl2N3O4S/c1-5-27(4)39-36(43)34(22-28-10-7-6-8-11-28)40(23-29-12-9-13-31(38)21-29)35(42)24-41(32-17-14-25(2)26(3)20-32)46(44,45)33-18-15-30(37)16-19-33/h6-21,27,34H,5,22-24H2,1-4H3,(H,39,43)/t27-,34+/m1/s1. The molecule has 0 aliphatic rings. The fourth-order valence-corrected chi connectivity index (χ4v) is 6.72. The van der Waals surface area contributed by atoms with Crippen LogP contribution in [-0.2, 0) is 32.6 Å². The lowest BCUT2D eigenvalue weighted by Gasteiger charge is -2.34. The number of sulfonamides is 1. The number of carbonyl (C=O) groups is 2. The Morgan fingerprint density at radius 1 is 0.804 bits per heavy atom. The lowest BCUT2D eigenvalue weighted by atomic mass is 10.0. The Labute approximate surface area is 282 Å². The number of hydrogen-bond acceptors (Lipinski definition) is 4. The van der Waals surface area contributed by atoms with Gasteiger partial charge in [-0.15, -0.1) is 0 Å². The molecule has 0 bridgehead atoms. The van der Waals surface area contributed by atoms with Crippen LogP contribution in [-0.4, -0.2) is 43.8 Å². The lowest BCUT2D eigenvalue weighted by Crippen LogP contribution is -2.54. The van der Waals surface area contributed by atoms with Crippen molar-refractivity contribution in [3.63, 3.8) is 0 Å². The minimum atomic E-state index is -4.23. The molecule has 46 heavy (non-hydrogen) atoms. The summed E-state index contributed by atoms with van der Waals surface area (Å²) in [6.07, 6.45) is 0.926. The second-order valence-corrected chi connectivity index (χ2v) is 14.1. The number of benzene rings is 4. The van der Waals surface area contributed by atoms with Gasteiger partial charge in [-0.05, 0) is 98.0 Å². The molecule has 0 unspecified atom stereocenters. The van der Waals surface area contributed by atoms with E-state index in [1.165, 1.54) is 29.2 Å². The summed E-state index contributed by atoms with van der Waals surface area (Å²) >= 11 is 12.4. The van der Waals surface area contributed by atoms with E-state index in [2.05, 4.69) is 5.32 Å². The van der Waals surface area contributed by atoms with Gasteiger partial charge in [-0.2, -0.15) is 0 Å². The third kappa shape index (κ3) is 8.90. The molecule has 7 nitrogen and oxygen atoms in total. The first kappa shape index (κ1) is 35.0. The summed E-state index contributed by atoms with van der Waals surface area (Å²) in [6, 6.07) is 26.5. The zero-order chi connectivity index (χ0) is 33.4. The van der Waals surface area contributed by atoms with Gasteiger partial charge in [-0.25, -0.2) is 8.42 Å². The Kier molecular flexibility index (Phi) is 11.9. The van der Waals surface area contributed by atoms with E-state index in [-0.39, 0.29) is 29.8 Å². The van der Waals surface area contributed by atoms with Crippen LogP contribution >= 0.6 is 23.2 Å². The zero-order valence-corrected chi connectivity index (χ0v) is 28.7. The topological polar surface area (TPSA) is 86.8 Å². The quantitative estimate of drug-likeness (QED) is 0.160. The van der Waals surface area contributed by atoms with E-state index in [1.54, 1.807) is 30.3 Å². The average Bonchev–Trinajstić information content (AvgIpc) is 3.03. The molecule has 0 aliphatic carbocycles. The normalized spacial score (nSPS) is 12.7. The van der Waals surface area contributed by atoms with E-state index in [0.717, 1.165) is 21.0 Å². The molecule has 0 saturated heterocycles. The summed E-state index contributed by atoms with van der Waals surface area (Å²) in [7, 11) is -4.23. The SMILES string of the molecule is CC[C@@H](C)NC(=O)[C@H](Cc1ccccc1)N(Cc1cccc(Cl)c1)C(=O)CN(c1ccc(C)c(C)c1)S(=O)(=O)c1ccc(Cl)cc1. The highest BCUT2D eigenvalue weighted by molar-refractivity contribution is 7.92. The van der Waals surface area contributed by atoms with Crippen LogP contribution < -0.4 is 9.62 Å². The Hall–Kier alpha value is -3.85. The molecule has 10 heteroatoms. The minimum absolute atomic E-state index is 0.0142. The van der Waals surface area contributed by atoms with Gasteiger partial charge in [0.05, 0.1) is 10.6 Å². The summed E-state index contributed by atoms with van der Waals surface area (Å²) in [5.41, 5.74) is 3.74. The minimum Gasteiger partial charge on any atom is -0.352 e. The third-order valence-electron chi connectivity index (χ3n) is 7.97. The number of halogens is 2. The second-order valence-electron chi connectivity index (χ2n) is 11.4. The molecule has 4 aromatic carbocycles. The molecule has 0 heterocycles. The van der Waals surface area contributed by atoms with Crippen molar-refractivity contribution in [3.8, 4) is 0 Å². The van der Waals surface area contributed by atoms with Crippen LogP contribution in [0.2, 0.25) is 10.0 Å². The van der Waals surface area contributed by atoms with Crippen LogP contribution in [0.5, 0.6) is 0 Å². The number of nitrogens with zero attached hydrogens (tertiary/aromatic N) is 2. The first-order chi connectivity index (χ1) is 21.9. The summed E-state index contributed by atoms with van der Waals surface area (Å²) in [4.78, 5) is 30.0. The highest BCUT2D eigenvalue weighted by Crippen LogP contribution is 2.28. The van der Waals surface area contributed by atoms with E-state index in [4.69, 9.17) is 23.2 Å². The molecule has 4 aromatic rings. The Balaban J connectivity index is 1.83. The molecule has 242 valence electrons. The number of rotatable bonds is 13. The molecule has 2 atom stereocenters. The number of nitrogens with one attached hydrogen (secondary N) is 1. The van der Waals surface area contributed by atoms with Gasteiger partial charge >= 0.3 is 0 Å². The van der Waals surface area contributed by atoms with E-state index in [0.29, 0.717) is 27.7 Å². The third-order valence-corrected chi connectivity index (χ3v) is 10.2. The van der Waals surface area contributed by atoms with E-state index < -0.39 is 28.5 Å². The van der Waals surface area contributed by atoms with Crippen molar-refractivity contribution in [2.75, 3.05) is 10.8 Å². The van der Waals surface area contributed by atoms with Gasteiger partial charge in [0.15, 0.2) is 0 Å². The number of hydrogen-bond donors (Lipinski definition) is 1. The van der Waals surface area contributed by atoms with Crippen molar-refractivity contribution in [3.05, 3.63) is 129 Å². The lowest BCUT2D eigenvalue weighted by molar-refractivity contribution is -0.140. The maximum Gasteiger partial charge on any atom is 0.264 e. The summed E-state index contributed by atoms with van der Waals surface area (Å²) in [5.74, 6) is -0.872. The molecule has 0 radical (unpaired) electrons. The van der Waals surface area contributed by atoms with Crippen molar-refractivity contribution < 1.29 is 18.0 Å². The predicted octanol–water partition coefficient (Wildman–Crippen LogP) is 7.36. The van der Waals surface area contributed by atoms with Crippen molar-refractivity contribution in [2.45, 2.75) is 64.1 Å². The van der Waals surface area contributed by atoms with Gasteiger partial charge in [-0.3, -0.25) is 13.9 Å². The van der Waals surface area contributed by atoms with E-state index in [1.807, 2.05) is 70.2 Å². The molecule has 2 amide bonds. The number of amides is 2. The van der Waals surface area contributed by atoms with Gasteiger partial charge in [-0.1, -0.05) is 78.7 Å². The summed E-state index contributed by atoms with van der Waals surface area (Å²) in [6.45, 7) is 7.17. The fraction of sp³-hybridized carbons (Fsp3) is 0.278. The maximum atomic E-state index is 14.6. The molecular formula is C36H39Cl2N3O4S. The van der Waals surface area contributed by atoms with Gasteiger partial charge < -0.3 is 10.2 Å². The van der Waals surface area contributed by atoms with Crippen molar-refractivity contribution in [1.29, 1.82) is 0 Å². The van der Waals surface area contributed by atoms with Gasteiger partial charge in [0.1, 0.15) is 12.6 Å². The number of aryl methyl sites for hydroxylation is 2. The molecule has 0 aromatic heterocycles. The van der Waals surface area contributed by atoms with Gasteiger partial charge in [0.2, 0.25) is 11.8 Å². The molecular weight excluding hydrogens is 641 g/mol. The average molecular weight is 681 g/mol. The van der Waals surface area contributed by atoms with Crippen LogP contribution in [0.3, 0.4) is 0 Å². The van der Waals surface area contributed by atoms with Crippen LogP contribution in [0.4, 0.5) is 5.69 Å². The Bertz CT molecular complexity index is 1770. The van der Waals surface area contributed by atoms with Crippen LogP contribution in [0, 0.1) is 13.8 Å².